The zero-order valence-corrected chi connectivity index (χ0v) is 9.63. The fourth-order valence-corrected chi connectivity index (χ4v) is 1.30. The van der Waals surface area contributed by atoms with Crippen molar-refractivity contribution in [3.05, 3.63) is 11.5 Å². The minimum atomic E-state index is 0.244. The van der Waals surface area contributed by atoms with Crippen LogP contribution in [0.5, 0.6) is 5.88 Å². The van der Waals surface area contributed by atoms with Crippen molar-refractivity contribution in [1.82, 2.24) is 9.97 Å². The van der Waals surface area contributed by atoms with E-state index in [1.165, 1.54) is 19.2 Å². The van der Waals surface area contributed by atoms with E-state index in [9.17, 15) is 0 Å². The van der Waals surface area contributed by atoms with E-state index < -0.39 is 0 Å². The molecular formula is C10H16ClN3O. The highest BCUT2D eigenvalue weighted by Crippen LogP contribution is 2.24. The predicted molar refractivity (Wildman–Crippen MR) is 61.1 cm³/mol. The molecule has 5 heteroatoms. The van der Waals surface area contributed by atoms with Gasteiger partial charge < -0.3 is 10.5 Å². The number of nitrogens with zero attached hydrogens (tertiary/aromatic N) is 2. The Labute approximate surface area is 94.8 Å². The number of hydrogen-bond donors (Lipinski definition) is 1. The monoisotopic (exact) mass is 229 g/mol. The number of unbranched alkanes of at least 4 members (excludes halogenated alkanes) is 3. The molecule has 0 unspecified atom stereocenters. The smallest absolute Gasteiger partial charge is 0.241 e. The lowest BCUT2D eigenvalue weighted by Gasteiger charge is -2.07. The van der Waals surface area contributed by atoms with Crippen LogP contribution in [-0.2, 0) is 0 Å². The Bertz CT molecular complexity index is 307. The molecule has 0 amide bonds. The maximum atomic E-state index is 5.72. The van der Waals surface area contributed by atoms with E-state index in [4.69, 9.17) is 22.1 Å². The van der Waals surface area contributed by atoms with E-state index in [2.05, 4.69) is 16.9 Å². The molecule has 0 saturated heterocycles. The lowest BCUT2D eigenvalue weighted by atomic mass is 10.2. The molecule has 1 rings (SSSR count). The first kappa shape index (κ1) is 12.0. The van der Waals surface area contributed by atoms with Gasteiger partial charge in [-0.2, -0.15) is 4.98 Å². The van der Waals surface area contributed by atoms with Crippen LogP contribution in [0.15, 0.2) is 6.33 Å². The molecule has 0 aliphatic carbocycles. The third-order valence-electron chi connectivity index (χ3n) is 2.04. The molecule has 0 bridgehead atoms. The maximum absolute atomic E-state index is 5.72. The molecule has 0 atom stereocenters. The molecular weight excluding hydrogens is 214 g/mol. The Hall–Kier alpha value is -1.03. The first-order chi connectivity index (χ1) is 7.25. The van der Waals surface area contributed by atoms with Crippen molar-refractivity contribution in [2.75, 3.05) is 12.3 Å². The van der Waals surface area contributed by atoms with Crippen LogP contribution in [0.4, 0.5) is 5.69 Å². The highest BCUT2D eigenvalue weighted by molar-refractivity contribution is 6.32. The standard InChI is InChI=1S/C10H16ClN3O/c1-2-3-4-5-6-15-10-8(12)9(11)13-7-14-10/h7H,2-6,12H2,1H3. The molecule has 0 aliphatic heterocycles. The quantitative estimate of drug-likeness (QED) is 0.602. The van der Waals surface area contributed by atoms with Crippen molar-refractivity contribution in [2.45, 2.75) is 32.6 Å². The van der Waals surface area contributed by atoms with Crippen LogP contribution in [0.25, 0.3) is 0 Å². The average Bonchev–Trinajstić information content (AvgIpc) is 2.24. The van der Waals surface area contributed by atoms with E-state index in [1.807, 2.05) is 0 Å². The second-order valence-electron chi connectivity index (χ2n) is 3.29. The highest BCUT2D eigenvalue weighted by atomic mass is 35.5. The summed E-state index contributed by atoms with van der Waals surface area (Å²) >= 11 is 5.72. The second-order valence-corrected chi connectivity index (χ2v) is 3.65. The van der Waals surface area contributed by atoms with Crippen LogP contribution >= 0.6 is 11.6 Å². The van der Waals surface area contributed by atoms with Crippen molar-refractivity contribution < 1.29 is 4.74 Å². The molecule has 0 fully saturated rings. The van der Waals surface area contributed by atoms with Gasteiger partial charge >= 0.3 is 0 Å². The number of nitrogens with two attached hydrogens (primary N) is 1. The summed E-state index contributed by atoms with van der Waals surface area (Å²) in [5.74, 6) is 0.381. The Morgan fingerprint density at radius 1 is 1.33 bits per heavy atom. The van der Waals surface area contributed by atoms with Crippen LogP contribution < -0.4 is 10.5 Å². The summed E-state index contributed by atoms with van der Waals surface area (Å²) in [5.41, 5.74) is 5.96. The summed E-state index contributed by atoms with van der Waals surface area (Å²) in [6.07, 6.45) is 5.95. The van der Waals surface area contributed by atoms with Gasteiger partial charge in [0.1, 0.15) is 12.0 Å². The molecule has 0 spiro atoms. The van der Waals surface area contributed by atoms with Crippen LogP contribution in [0, 0.1) is 0 Å². The van der Waals surface area contributed by atoms with Crippen LogP contribution in [0.3, 0.4) is 0 Å². The van der Waals surface area contributed by atoms with Gasteiger partial charge in [0.15, 0.2) is 5.15 Å². The zero-order chi connectivity index (χ0) is 11.1. The third kappa shape index (κ3) is 3.91. The largest absolute Gasteiger partial charge is 0.476 e. The summed E-state index contributed by atoms with van der Waals surface area (Å²) in [4.78, 5) is 7.66. The van der Waals surface area contributed by atoms with E-state index in [0.29, 0.717) is 18.2 Å². The summed E-state index contributed by atoms with van der Waals surface area (Å²) in [6, 6.07) is 0. The van der Waals surface area contributed by atoms with E-state index in [0.717, 1.165) is 12.8 Å². The van der Waals surface area contributed by atoms with Gasteiger partial charge in [-0.15, -0.1) is 0 Å². The Kier molecular flexibility index (Phi) is 5.18. The first-order valence-corrected chi connectivity index (χ1v) is 5.52. The van der Waals surface area contributed by atoms with Crippen molar-refractivity contribution >= 4 is 17.3 Å². The molecule has 0 aromatic carbocycles. The number of halogens is 1. The third-order valence-corrected chi connectivity index (χ3v) is 2.34. The van der Waals surface area contributed by atoms with Gasteiger partial charge in [0.2, 0.25) is 5.88 Å². The Morgan fingerprint density at radius 2 is 2.13 bits per heavy atom. The van der Waals surface area contributed by atoms with Crippen molar-refractivity contribution in [3.63, 3.8) is 0 Å². The zero-order valence-electron chi connectivity index (χ0n) is 8.87. The molecule has 1 aromatic heterocycles. The molecule has 15 heavy (non-hydrogen) atoms. The number of aromatic nitrogens is 2. The fourth-order valence-electron chi connectivity index (χ4n) is 1.17. The van der Waals surface area contributed by atoms with Crippen LogP contribution in [0.1, 0.15) is 32.6 Å². The van der Waals surface area contributed by atoms with Gasteiger partial charge in [0, 0.05) is 0 Å². The lowest BCUT2D eigenvalue weighted by molar-refractivity contribution is 0.295. The minimum Gasteiger partial charge on any atom is -0.476 e. The van der Waals surface area contributed by atoms with Crippen molar-refractivity contribution in [1.29, 1.82) is 0 Å². The normalized spacial score (nSPS) is 10.3. The Morgan fingerprint density at radius 3 is 2.87 bits per heavy atom. The van der Waals surface area contributed by atoms with E-state index >= 15 is 0 Å². The van der Waals surface area contributed by atoms with Gasteiger partial charge in [-0.05, 0) is 6.42 Å². The van der Waals surface area contributed by atoms with Gasteiger partial charge in [0.25, 0.3) is 0 Å². The fraction of sp³-hybridized carbons (Fsp3) is 0.600. The molecule has 1 aromatic rings. The molecule has 4 nitrogen and oxygen atoms in total. The molecule has 0 radical (unpaired) electrons. The lowest BCUT2D eigenvalue weighted by Crippen LogP contribution is -2.03. The Balaban J connectivity index is 2.34. The second kappa shape index (κ2) is 6.45. The van der Waals surface area contributed by atoms with Crippen molar-refractivity contribution in [2.24, 2.45) is 0 Å². The van der Waals surface area contributed by atoms with E-state index in [1.54, 1.807) is 0 Å². The summed E-state index contributed by atoms with van der Waals surface area (Å²) in [6.45, 7) is 2.79. The molecule has 0 aliphatic rings. The summed E-state index contributed by atoms with van der Waals surface area (Å²) in [7, 11) is 0. The topological polar surface area (TPSA) is 61.0 Å². The van der Waals surface area contributed by atoms with Crippen molar-refractivity contribution in [3.8, 4) is 5.88 Å². The van der Waals surface area contributed by atoms with Gasteiger partial charge in [-0.3, -0.25) is 0 Å². The van der Waals surface area contributed by atoms with Crippen LogP contribution in [0.2, 0.25) is 5.15 Å². The maximum Gasteiger partial charge on any atom is 0.241 e. The highest BCUT2D eigenvalue weighted by Gasteiger charge is 2.06. The number of hydrogen-bond acceptors (Lipinski definition) is 4. The summed E-state index contributed by atoms with van der Waals surface area (Å²) in [5, 5.41) is 0.244. The van der Waals surface area contributed by atoms with Gasteiger partial charge in [-0.1, -0.05) is 37.8 Å². The molecule has 2 N–H and O–H groups in total. The average molecular weight is 230 g/mol. The summed E-state index contributed by atoms with van der Waals surface area (Å²) < 4.78 is 5.40. The number of anilines is 1. The molecule has 84 valence electrons. The predicted octanol–water partition coefficient (Wildman–Crippen LogP) is 2.67. The van der Waals surface area contributed by atoms with Gasteiger partial charge in [-0.25, -0.2) is 4.98 Å². The number of nitrogen functional groups attached to an aromatic ring is 1. The van der Waals surface area contributed by atoms with Gasteiger partial charge in [0.05, 0.1) is 6.61 Å². The SMILES string of the molecule is CCCCCCOc1ncnc(Cl)c1N. The van der Waals surface area contributed by atoms with Crippen LogP contribution in [-0.4, -0.2) is 16.6 Å². The number of rotatable bonds is 6. The molecule has 1 heterocycles. The number of ether oxygens (including phenoxy) is 1. The molecule has 0 saturated carbocycles. The van der Waals surface area contributed by atoms with E-state index in [-0.39, 0.29) is 5.15 Å². The first-order valence-electron chi connectivity index (χ1n) is 5.14. The minimum absolute atomic E-state index is 0.244.